The van der Waals surface area contributed by atoms with Crippen molar-refractivity contribution >= 4 is 0 Å². The van der Waals surface area contributed by atoms with Gasteiger partial charge in [0.1, 0.15) is 11.9 Å². The summed E-state index contributed by atoms with van der Waals surface area (Å²) in [6.07, 6.45) is 1.93. The van der Waals surface area contributed by atoms with Crippen LogP contribution >= 0.6 is 0 Å². The van der Waals surface area contributed by atoms with Gasteiger partial charge < -0.3 is 9.84 Å². The quantitative estimate of drug-likeness (QED) is 0.855. The molecule has 1 unspecified atom stereocenters. The lowest BCUT2D eigenvalue weighted by molar-refractivity contribution is 0.0654. The van der Waals surface area contributed by atoms with Crippen molar-refractivity contribution in [2.24, 2.45) is 7.05 Å². The zero-order valence-electron chi connectivity index (χ0n) is 11.4. The molecule has 1 aliphatic heterocycles. The van der Waals surface area contributed by atoms with Gasteiger partial charge in [-0.15, -0.1) is 0 Å². The molecule has 100 valence electrons. The number of rotatable bonds is 1. The third-order valence-corrected chi connectivity index (χ3v) is 3.63. The number of hydrogen-bond acceptors (Lipinski definition) is 3. The van der Waals surface area contributed by atoms with Crippen LogP contribution in [-0.4, -0.2) is 14.9 Å². The van der Waals surface area contributed by atoms with Crippen molar-refractivity contribution in [1.29, 1.82) is 0 Å². The summed E-state index contributed by atoms with van der Waals surface area (Å²) in [5.74, 6) is 0.776. The zero-order valence-corrected chi connectivity index (χ0v) is 11.4. The average molecular weight is 258 g/mol. The number of aromatic nitrogens is 2. The molecular weight excluding hydrogens is 240 g/mol. The monoisotopic (exact) mass is 258 g/mol. The van der Waals surface area contributed by atoms with E-state index in [1.165, 1.54) is 0 Å². The third-order valence-electron chi connectivity index (χ3n) is 3.63. The molecule has 19 heavy (non-hydrogen) atoms. The van der Waals surface area contributed by atoms with Crippen LogP contribution < -0.4 is 4.74 Å². The largest absolute Gasteiger partial charge is 0.485 e. The molecule has 4 heteroatoms. The number of aliphatic hydroxyl groups is 1. The first-order chi connectivity index (χ1) is 9.04. The van der Waals surface area contributed by atoms with Gasteiger partial charge >= 0.3 is 0 Å². The van der Waals surface area contributed by atoms with Crippen LogP contribution in [0.1, 0.15) is 41.0 Å². The van der Waals surface area contributed by atoms with Gasteiger partial charge in [0.2, 0.25) is 0 Å². The summed E-state index contributed by atoms with van der Waals surface area (Å²) < 4.78 is 7.81. The smallest absolute Gasteiger partial charge is 0.130 e. The minimum absolute atomic E-state index is 0.126. The van der Waals surface area contributed by atoms with Crippen molar-refractivity contribution in [3.05, 3.63) is 46.8 Å². The first kappa shape index (κ1) is 12.2. The molecule has 0 fully saturated rings. The number of benzene rings is 1. The fourth-order valence-electron chi connectivity index (χ4n) is 2.69. The van der Waals surface area contributed by atoms with Crippen LogP contribution in [0.5, 0.6) is 5.75 Å². The minimum Gasteiger partial charge on any atom is -0.485 e. The molecule has 2 heterocycles. The Morgan fingerprint density at radius 1 is 1.32 bits per heavy atom. The minimum atomic E-state index is -0.478. The van der Waals surface area contributed by atoms with E-state index in [1.807, 2.05) is 45.3 Å². The summed E-state index contributed by atoms with van der Waals surface area (Å²) in [6, 6.07) is 5.93. The van der Waals surface area contributed by atoms with Gasteiger partial charge in [-0.25, -0.2) is 0 Å². The van der Waals surface area contributed by atoms with Crippen LogP contribution in [0.3, 0.4) is 0 Å². The van der Waals surface area contributed by atoms with Gasteiger partial charge in [0.05, 0.1) is 11.8 Å². The van der Waals surface area contributed by atoms with Crippen molar-refractivity contribution in [2.45, 2.75) is 32.5 Å². The van der Waals surface area contributed by atoms with Crippen LogP contribution in [0.4, 0.5) is 0 Å². The summed E-state index contributed by atoms with van der Waals surface area (Å²) in [6.45, 7) is 3.99. The fourth-order valence-corrected chi connectivity index (χ4v) is 2.69. The lowest BCUT2D eigenvalue weighted by Crippen LogP contribution is -2.19. The molecular formula is C15H18N2O2. The molecule has 0 saturated carbocycles. The summed E-state index contributed by atoms with van der Waals surface area (Å²) >= 11 is 0. The summed E-state index contributed by atoms with van der Waals surface area (Å²) in [7, 11) is 1.90. The molecule has 0 bridgehead atoms. The highest BCUT2D eigenvalue weighted by Crippen LogP contribution is 2.41. The standard InChI is InChI=1S/C15H18N2O2/c1-9-4-5-14-11(6-9)13(18)7-15(19-14)12-8-17(3)16-10(12)2/h4-6,8,13,15,18H,7H2,1-3H3/t13-,15?/m0/s1. The Labute approximate surface area is 112 Å². The van der Waals surface area contributed by atoms with E-state index < -0.39 is 6.10 Å². The van der Waals surface area contributed by atoms with Crippen molar-refractivity contribution in [3.63, 3.8) is 0 Å². The van der Waals surface area contributed by atoms with E-state index in [0.29, 0.717) is 6.42 Å². The first-order valence-corrected chi connectivity index (χ1v) is 6.50. The maximum atomic E-state index is 10.3. The van der Waals surface area contributed by atoms with Gasteiger partial charge in [0, 0.05) is 30.8 Å². The molecule has 4 nitrogen and oxygen atoms in total. The highest BCUT2D eigenvalue weighted by molar-refractivity contribution is 5.41. The molecule has 3 rings (SSSR count). The highest BCUT2D eigenvalue weighted by Gasteiger charge is 2.29. The normalized spacial score (nSPS) is 21.9. The van der Waals surface area contributed by atoms with Crippen molar-refractivity contribution < 1.29 is 9.84 Å². The summed E-state index contributed by atoms with van der Waals surface area (Å²) in [5.41, 5.74) is 4.03. The van der Waals surface area contributed by atoms with E-state index in [2.05, 4.69) is 5.10 Å². The molecule has 0 saturated heterocycles. The molecule has 0 amide bonds. The van der Waals surface area contributed by atoms with E-state index >= 15 is 0 Å². The van der Waals surface area contributed by atoms with Gasteiger partial charge in [-0.05, 0) is 26.0 Å². The van der Waals surface area contributed by atoms with E-state index in [4.69, 9.17) is 4.74 Å². The van der Waals surface area contributed by atoms with Crippen LogP contribution in [0.25, 0.3) is 0 Å². The van der Waals surface area contributed by atoms with Gasteiger partial charge in [-0.3, -0.25) is 4.68 Å². The summed E-state index contributed by atoms with van der Waals surface area (Å²) in [5, 5.41) is 14.6. The van der Waals surface area contributed by atoms with Crippen LogP contribution in [0.2, 0.25) is 0 Å². The topological polar surface area (TPSA) is 47.3 Å². The van der Waals surface area contributed by atoms with Gasteiger partial charge in [-0.1, -0.05) is 11.6 Å². The Morgan fingerprint density at radius 2 is 2.11 bits per heavy atom. The third kappa shape index (κ3) is 2.12. The number of aliphatic hydroxyl groups excluding tert-OH is 1. The molecule has 1 N–H and O–H groups in total. The summed E-state index contributed by atoms with van der Waals surface area (Å²) in [4.78, 5) is 0. The highest BCUT2D eigenvalue weighted by atomic mass is 16.5. The lowest BCUT2D eigenvalue weighted by atomic mass is 9.94. The number of fused-ring (bicyclic) bond motifs is 1. The molecule has 1 aliphatic rings. The van der Waals surface area contributed by atoms with Crippen LogP contribution in [0, 0.1) is 13.8 Å². The number of aryl methyl sites for hydroxylation is 3. The second kappa shape index (κ2) is 4.38. The van der Waals surface area contributed by atoms with Gasteiger partial charge in [0.25, 0.3) is 0 Å². The van der Waals surface area contributed by atoms with Gasteiger partial charge in [-0.2, -0.15) is 5.10 Å². The van der Waals surface area contributed by atoms with Crippen molar-refractivity contribution in [1.82, 2.24) is 9.78 Å². The second-order valence-corrected chi connectivity index (χ2v) is 5.24. The predicted octanol–water partition coefficient (Wildman–Crippen LogP) is 2.59. The first-order valence-electron chi connectivity index (χ1n) is 6.50. The molecule has 0 radical (unpaired) electrons. The Balaban J connectivity index is 1.97. The Hall–Kier alpha value is -1.81. The molecule has 2 atom stereocenters. The Kier molecular flexibility index (Phi) is 2.82. The van der Waals surface area contributed by atoms with Crippen LogP contribution in [0.15, 0.2) is 24.4 Å². The Morgan fingerprint density at radius 3 is 2.79 bits per heavy atom. The van der Waals surface area contributed by atoms with E-state index in [-0.39, 0.29) is 6.10 Å². The maximum Gasteiger partial charge on any atom is 0.130 e. The average Bonchev–Trinajstić information content (AvgIpc) is 2.69. The van der Waals surface area contributed by atoms with E-state index in [1.54, 1.807) is 4.68 Å². The predicted molar refractivity (Wildman–Crippen MR) is 72.1 cm³/mol. The van der Waals surface area contributed by atoms with Crippen LogP contribution in [-0.2, 0) is 7.05 Å². The van der Waals surface area contributed by atoms with Gasteiger partial charge in [0.15, 0.2) is 0 Å². The van der Waals surface area contributed by atoms with E-state index in [0.717, 1.165) is 28.1 Å². The van der Waals surface area contributed by atoms with Crippen molar-refractivity contribution in [3.8, 4) is 5.75 Å². The van der Waals surface area contributed by atoms with Crippen molar-refractivity contribution in [2.75, 3.05) is 0 Å². The molecule has 0 spiro atoms. The second-order valence-electron chi connectivity index (χ2n) is 5.24. The number of hydrogen-bond donors (Lipinski definition) is 1. The molecule has 1 aromatic carbocycles. The SMILES string of the molecule is Cc1ccc2c(c1)[C@@H](O)CC(c1cn(C)nc1C)O2. The lowest BCUT2D eigenvalue weighted by Gasteiger charge is -2.29. The van der Waals surface area contributed by atoms with E-state index in [9.17, 15) is 5.11 Å². The number of ether oxygens (including phenoxy) is 1. The Bertz CT molecular complexity index is 619. The molecule has 1 aromatic heterocycles. The fraction of sp³-hybridized carbons (Fsp3) is 0.400. The molecule has 2 aromatic rings. The maximum absolute atomic E-state index is 10.3. The molecule has 0 aliphatic carbocycles. The zero-order chi connectivity index (χ0) is 13.6. The number of nitrogens with zero attached hydrogens (tertiary/aromatic N) is 2.